The van der Waals surface area contributed by atoms with E-state index in [1.165, 1.54) is 18.3 Å². The minimum absolute atomic E-state index is 0.0849. The van der Waals surface area contributed by atoms with E-state index >= 15 is 0 Å². The highest BCUT2D eigenvalue weighted by Gasteiger charge is 2.29. The van der Waals surface area contributed by atoms with Gasteiger partial charge in [0.2, 0.25) is 10.0 Å². The summed E-state index contributed by atoms with van der Waals surface area (Å²) in [6, 6.07) is 3.72. The van der Waals surface area contributed by atoms with Gasteiger partial charge in [-0.25, -0.2) is 26.5 Å². The van der Waals surface area contributed by atoms with Gasteiger partial charge in [-0.05, 0) is 25.0 Å². The molecule has 1 unspecified atom stereocenters. The Balaban J connectivity index is 2.26. The van der Waals surface area contributed by atoms with Crippen LogP contribution in [0.3, 0.4) is 0 Å². The highest BCUT2D eigenvalue weighted by molar-refractivity contribution is 7.91. The van der Waals surface area contributed by atoms with E-state index in [0.29, 0.717) is 12.8 Å². The number of aromatic nitrogens is 1. The van der Waals surface area contributed by atoms with Crippen LogP contribution in [0.2, 0.25) is 0 Å². The summed E-state index contributed by atoms with van der Waals surface area (Å²) in [5.74, 6) is -0.129. The van der Waals surface area contributed by atoms with Crippen LogP contribution in [0.4, 0.5) is 0 Å². The van der Waals surface area contributed by atoms with Crippen molar-refractivity contribution in [3.63, 3.8) is 0 Å². The van der Waals surface area contributed by atoms with Gasteiger partial charge >= 0.3 is 0 Å². The highest BCUT2D eigenvalue weighted by atomic mass is 32.2. The Morgan fingerprint density at radius 1 is 1.45 bits per heavy atom. The average Bonchev–Trinajstić information content (AvgIpc) is 2.37. The van der Waals surface area contributed by atoms with Crippen LogP contribution in [0.25, 0.3) is 0 Å². The molecule has 1 aliphatic heterocycles. The molecule has 0 radical (unpaired) electrons. The standard InChI is InChI=1S/C11H13N3O4S2/c12-7-10-11(4-1-5-13-10)20(17,18)14-9-3-2-6-19(15,16)8-9/h1,4-5,9,14H,2-3,6,8H2. The summed E-state index contributed by atoms with van der Waals surface area (Å²) in [4.78, 5) is 3.46. The molecule has 1 aromatic heterocycles. The largest absolute Gasteiger partial charge is 0.244 e. The van der Waals surface area contributed by atoms with Crippen LogP contribution in [-0.4, -0.2) is 39.4 Å². The maximum absolute atomic E-state index is 12.2. The fourth-order valence-corrected chi connectivity index (χ4v) is 5.21. The summed E-state index contributed by atoms with van der Waals surface area (Å²) in [5.41, 5.74) is -0.210. The molecule has 1 aliphatic rings. The van der Waals surface area contributed by atoms with Gasteiger partial charge in [-0.1, -0.05) is 0 Å². The van der Waals surface area contributed by atoms with E-state index in [0.717, 1.165) is 0 Å². The van der Waals surface area contributed by atoms with Crippen LogP contribution in [0.5, 0.6) is 0 Å². The number of rotatable bonds is 3. The molecule has 0 bridgehead atoms. The zero-order valence-corrected chi connectivity index (χ0v) is 12.1. The molecule has 2 heterocycles. The van der Waals surface area contributed by atoms with Crippen LogP contribution in [0, 0.1) is 11.3 Å². The number of hydrogen-bond donors (Lipinski definition) is 1. The number of sulfone groups is 1. The van der Waals surface area contributed by atoms with Crippen molar-refractivity contribution in [3.05, 3.63) is 24.0 Å². The molecule has 9 heteroatoms. The van der Waals surface area contributed by atoms with Crippen molar-refractivity contribution in [3.8, 4) is 6.07 Å². The van der Waals surface area contributed by atoms with Gasteiger partial charge in [-0.2, -0.15) is 5.26 Å². The first-order valence-corrected chi connectivity index (χ1v) is 9.22. The number of hydrogen-bond acceptors (Lipinski definition) is 6. The Morgan fingerprint density at radius 3 is 2.85 bits per heavy atom. The van der Waals surface area contributed by atoms with E-state index in [9.17, 15) is 16.8 Å². The fourth-order valence-electron chi connectivity index (χ4n) is 2.09. The Bertz CT molecular complexity index is 750. The lowest BCUT2D eigenvalue weighted by molar-refractivity contribution is 0.517. The molecule has 0 saturated carbocycles. The predicted molar refractivity (Wildman–Crippen MR) is 70.9 cm³/mol. The molecule has 1 fully saturated rings. The molecular weight excluding hydrogens is 302 g/mol. The Morgan fingerprint density at radius 2 is 2.20 bits per heavy atom. The highest BCUT2D eigenvalue weighted by Crippen LogP contribution is 2.17. The molecule has 1 aromatic rings. The summed E-state index contributed by atoms with van der Waals surface area (Å²) >= 11 is 0. The van der Waals surface area contributed by atoms with Gasteiger partial charge in [0.1, 0.15) is 11.0 Å². The van der Waals surface area contributed by atoms with E-state index in [4.69, 9.17) is 5.26 Å². The molecule has 20 heavy (non-hydrogen) atoms. The number of nitrogens with zero attached hydrogens (tertiary/aromatic N) is 2. The maximum Gasteiger partial charge on any atom is 0.243 e. The van der Waals surface area contributed by atoms with Crippen molar-refractivity contribution in [1.82, 2.24) is 9.71 Å². The second kappa shape index (κ2) is 5.47. The second-order valence-electron chi connectivity index (χ2n) is 4.54. The normalized spacial score (nSPS) is 22.1. The molecule has 0 aliphatic carbocycles. The quantitative estimate of drug-likeness (QED) is 0.826. The van der Waals surface area contributed by atoms with Gasteiger partial charge in [-0.3, -0.25) is 0 Å². The van der Waals surface area contributed by atoms with Gasteiger partial charge in [0.25, 0.3) is 0 Å². The smallest absolute Gasteiger partial charge is 0.243 e. The molecular formula is C11H13N3O4S2. The monoisotopic (exact) mass is 315 g/mol. The van der Waals surface area contributed by atoms with Crippen LogP contribution in [-0.2, 0) is 19.9 Å². The van der Waals surface area contributed by atoms with E-state index < -0.39 is 25.9 Å². The molecule has 0 spiro atoms. The van der Waals surface area contributed by atoms with Gasteiger partial charge in [-0.15, -0.1) is 0 Å². The second-order valence-corrected chi connectivity index (χ2v) is 8.45. The Hall–Kier alpha value is -1.50. The molecule has 7 nitrogen and oxygen atoms in total. The lowest BCUT2D eigenvalue weighted by atomic mass is 10.2. The Labute approximate surface area is 117 Å². The molecule has 1 saturated heterocycles. The third-order valence-corrected chi connectivity index (χ3v) is 6.32. The van der Waals surface area contributed by atoms with Crippen molar-refractivity contribution in [2.75, 3.05) is 11.5 Å². The van der Waals surface area contributed by atoms with Crippen molar-refractivity contribution in [2.45, 2.75) is 23.8 Å². The molecule has 0 amide bonds. The minimum atomic E-state index is -3.95. The lowest BCUT2D eigenvalue weighted by Crippen LogP contribution is -2.43. The predicted octanol–water partition coefficient (Wildman–Crippen LogP) is -0.191. The molecule has 1 N–H and O–H groups in total. The van der Waals surface area contributed by atoms with Gasteiger partial charge in [0.15, 0.2) is 15.5 Å². The zero-order chi connectivity index (χ0) is 14.8. The van der Waals surface area contributed by atoms with Crippen molar-refractivity contribution >= 4 is 19.9 Å². The van der Waals surface area contributed by atoms with E-state index in [1.807, 2.05) is 0 Å². The summed E-state index contributed by atoms with van der Waals surface area (Å²) < 4.78 is 49.7. The number of sulfonamides is 1. The maximum atomic E-state index is 12.2. The third kappa shape index (κ3) is 3.33. The molecule has 1 atom stereocenters. The van der Waals surface area contributed by atoms with Crippen molar-refractivity contribution in [2.24, 2.45) is 0 Å². The van der Waals surface area contributed by atoms with E-state index in [2.05, 4.69) is 9.71 Å². The summed E-state index contributed by atoms with van der Waals surface area (Å²) in [7, 11) is -7.16. The number of nitrogens with one attached hydrogen (secondary N) is 1. The first kappa shape index (κ1) is 14.9. The SMILES string of the molecule is N#Cc1ncccc1S(=O)(=O)NC1CCCS(=O)(=O)C1. The summed E-state index contributed by atoms with van der Waals surface area (Å²) in [6.45, 7) is 0. The number of nitriles is 1. The zero-order valence-electron chi connectivity index (χ0n) is 10.5. The Kier molecular flexibility index (Phi) is 4.08. The average molecular weight is 315 g/mol. The summed E-state index contributed by atoms with van der Waals surface area (Å²) in [6.07, 6.45) is 2.21. The fraction of sp³-hybridized carbons (Fsp3) is 0.455. The van der Waals surface area contributed by atoms with Crippen molar-refractivity contribution in [1.29, 1.82) is 5.26 Å². The lowest BCUT2D eigenvalue weighted by Gasteiger charge is -2.22. The number of pyridine rings is 1. The van der Waals surface area contributed by atoms with Crippen LogP contribution in [0.15, 0.2) is 23.2 Å². The minimum Gasteiger partial charge on any atom is -0.244 e. The van der Waals surface area contributed by atoms with Crippen LogP contribution in [0.1, 0.15) is 18.5 Å². The van der Waals surface area contributed by atoms with Gasteiger partial charge in [0, 0.05) is 12.2 Å². The molecule has 108 valence electrons. The van der Waals surface area contributed by atoms with E-state index in [1.54, 1.807) is 6.07 Å². The molecule has 0 aromatic carbocycles. The van der Waals surface area contributed by atoms with E-state index in [-0.39, 0.29) is 22.1 Å². The van der Waals surface area contributed by atoms with Gasteiger partial charge in [0.05, 0.1) is 11.5 Å². The third-order valence-electron chi connectivity index (χ3n) is 2.95. The topological polar surface area (TPSA) is 117 Å². The molecule has 2 rings (SSSR count). The first-order valence-electron chi connectivity index (χ1n) is 5.92. The van der Waals surface area contributed by atoms with Crippen molar-refractivity contribution < 1.29 is 16.8 Å². The summed E-state index contributed by atoms with van der Waals surface area (Å²) in [5, 5.41) is 8.87. The first-order chi connectivity index (χ1) is 9.34. The van der Waals surface area contributed by atoms with Gasteiger partial charge < -0.3 is 0 Å². The van der Waals surface area contributed by atoms with Crippen LogP contribution < -0.4 is 4.72 Å². The van der Waals surface area contributed by atoms with Crippen LogP contribution >= 0.6 is 0 Å².